The summed E-state index contributed by atoms with van der Waals surface area (Å²) in [5.41, 5.74) is 4.23. The third kappa shape index (κ3) is 4.17. The summed E-state index contributed by atoms with van der Waals surface area (Å²) >= 11 is 0. The van der Waals surface area contributed by atoms with Crippen LogP contribution in [0.15, 0.2) is 17.7 Å². The Morgan fingerprint density at radius 1 is 1.04 bits per heavy atom. The first-order valence-electron chi connectivity index (χ1n) is 11.3. The van der Waals surface area contributed by atoms with Crippen LogP contribution in [0.4, 0.5) is 5.69 Å². The van der Waals surface area contributed by atoms with E-state index in [0.29, 0.717) is 6.04 Å². The zero-order chi connectivity index (χ0) is 19.3. The first-order chi connectivity index (χ1) is 13.8. The first-order valence-corrected chi connectivity index (χ1v) is 11.3. The van der Waals surface area contributed by atoms with Crippen LogP contribution in [-0.2, 0) is 0 Å². The normalized spacial score (nSPS) is 21.4. The number of hydrogen-bond acceptors (Lipinski definition) is 4. The van der Waals surface area contributed by atoms with Gasteiger partial charge in [-0.25, -0.2) is 0 Å². The van der Waals surface area contributed by atoms with Crippen LogP contribution in [0.2, 0.25) is 0 Å². The first kappa shape index (κ1) is 19.6. The van der Waals surface area contributed by atoms with Crippen LogP contribution in [-0.4, -0.2) is 50.8 Å². The number of unbranched alkanes of at least 4 members (excludes halogenated alkanes) is 1. The summed E-state index contributed by atoms with van der Waals surface area (Å²) in [6.07, 6.45) is 12.5. The molecule has 3 aliphatic rings. The van der Waals surface area contributed by atoms with Crippen LogP contribution < -0.4 is 14.4 Å². The van der Waals surface area contributed by atoms with Crippen molar-refractivity contribution in [2.24, 2.45) is 0 Å². The molecule has 2 aliphatic heterocycles. The highest BCUT2D eigenvalue weighted by molar-refractivity contribution is 5.78. The number of likely N-dealkylation sites (tertiary alicyclic amines) is 1. The highest BCUT2D eigenvalue weighted by Gasteiger charge is 2.32. The van der Waals surface area contributed by atoms with E-state index in [1.54, 1.807) is 12.7 Å². The van der Waals surface area contributed by atoms with Crippen LogP contribution >= 0.6 is 0 Å². The summed E-state index contributed by atoms with van der Waals surface area (Å²) in [4.78, 5) is 5.18. The molecule has 0 spiro atoms. The molecule has 2 fully saturated rings. The van der Waals surface area contributed by atoms with Gasteiger partial charge >= 0.3 is 0 Å². The average Bonchev–Trinajstić information content (AvgIpc) is 3.39. The molecule has 4 nitrogen and oxygen atoms in total. The average molecular weight is 385 g/mol. The molecule has 0 aromatic heterocycles. The molecular formula is C24H36N2O2. The quantitative estimate of drug-likeness (QED) is 0.552. The summed E-state index contributed by atoms with van der Waals surface area (Å²) in [6.45, 7) is 7.82. The largest absolute Gasteiger partial charge is 0.493 e. The van der Waals surface area contributed by atoms with E-state index in [4.69, 9.17) is 9.47 Å². The summed E-state index contributed by atoms with van der Waals surface area (Å²) in [5.74, 6) is 1.77. The van der Waals surface area contributed by atoms with Gasteiger partial charge in [-0.15, -0.1) is 0 Å². The summed E-state index contributed by atoms with van der Waals surface area (Å²) in [7, 11) is 1.75. The van der Waals surface area contributed by atoms with Crippen LogP contribution in [0.25, 0.3) is 6.08 Å². The predicted molar refractivity (Wildman–Crippen MR) is 117 cm³/mol. The highest BCUT2D eigenvalue weighted by atomic mass is 16.5. The second kappa shape index (κ2) is 9.21. The molecule has 4 rings (SSSR count). The number of rotatable bonds is 9. The van der Waals surface area contributed by atoms with Crippen LogP contribution in [0.5, 0.6) is 11.5 Å². The lowest BCUT2D eigenvalue weighted by Gasteiger charge is -2.37. The van der Waals surface area contributed by atoms with Crippen molar-refractivity contribution >= 4 is 11.8 Å². The molecule has 1 saturated carbocycles. The number of methoxy groups -OCH3 is 1. The second-order valence-electron chi connectivity index (χ2n) is 8.49. The van der Waals surface area contributed by atoms with Gasteiger partial charge in [-0.2, -0.15) is 0 Å². The van der Waals surface area contributed by atoms with Crippen molar-refractivity contribution in [1.82, 2.24) is 4.90 Å². The molecule has 0 radical (unpaired) electrons. The van der Waals surface area contributed by atoms with Gasteiger partial charge in [-0.1, -0.05) is 19.4 Å². The number of nitrogens with zero attached hydrogens (tertiary/aromatic N) is 2. The minimum absolute atomic E-state index is 0.593. The van der Waals surface area contributed by atoms with Gasteiger partial charge in [-0.05, 0) is 69.7 Å². The van der Waals surface area contributed by atoms with Gasteiger partial charge in [0.1, 0.15) is 0 Å². The molecule has 1 unspecified atom stereocenters. The molecule has 0 bridgehead atoms. The van der Waals surface area contributed by atoms with Gasteiger partial charge in [0.2, 0.25) is 0 Å². The lowest BCUT2D eigenvalue weighted by Crippen LogP contribution is -2.37. The number of hydrogen-bond donors (Lipinski definition) is 0. The van der Waals surface area contributed by atoms with Crippen LogP contribution in [0.3, 0.4) is 0 Å². The van der Waals surface area contributed by atoms with Crippen LogP contribution in [0, 0.1) is 0 Å². The minimum Gasteiger partial charge on any atom is -0.493 e. The molecule has 1 atom stereocenters. The van der Waals surface area contributed by atoms with Crippen molar-refractivity contribution in [3.63, 3.8) is 0 Å². The summed E-state index contributed by atoms with van der Waals surface area (Å²) < 4.78 is 11.9. The molecule has 1 saturated heterocycles. The number of fused-ring (bicyclic) bond motifs is 2. The lowest BCUT2D eigenvalue weighted by atomic mass is 9.96. The SMILES string of the molecule is CCCCN1c2cc(OCCCN3CCCC3)c(OC)cc2C=C2CCCC21. The standard InChI is InChI=1S/C24H36N2O2/c1-3-4-14-26-21-10-7-9-19(21)16-20-17-23(27-2)24(18-22(20)26)28-15-8-13-25-11-5-6-12-25/h16-18,21H,3-15H2,1-2H3. The van der Waals surface area contributed by atoms with E-state index in [1.807, 2.05) is 0 Å². The van der Waals surface area contributed by atoms with Gasteiger partial charge < -0.3 is 19.3 Å². The Morgan fingerprint density at radius 3 is 2.68 bits per heavy atom. The van der Waals surface area contributed by atoms with Crippen molar-refractivity contribution in [1.29, 1.82) is 0 Å². The van der Waals surface area contributed by atoms with E-state index in [0.717, 1.165) is 37.6 Å². The molecule has 0 amide bonds. The molecule has 2 heterocycles. The molecule has 1 aliphatic carbocycles. The van der Waals surface area contributed by atoms with Gasteiger partial charge in [0, 0.05) is 30.4 Å². The Bertz CT molecular complexity index is 694. The maximum atomic E-state index is 6.22. The molecule has 154 valence electrons. The van der Waals surface area contributed by atoms with E-state index < -0.39 is 0 Å². The maximum absolute atomic E-state index is 6.22. The van der Waals surface area contributed by atoms with Crippen molar-refractivity contribution in [3.05, 3.63) is 23.3 Å². The molecular weight excluding hydrogens is 348 g/mol. The Morgan fingerprint density at radius 2 is 1.89 bits per heavy atom. The number of benzene rings is 1. The molecule has 1 aromatic carbocycles. The fraction of sp³-hybridized carbons (Fsp3) is 0.667. The molecule has 1 aromatic rings. The molecule has 4 heteroatoms. The zero-order valence-electron chi connectivity index (χ0n) is 17.7. The Labute approximate surface area is 170 Å². The fourth-order valence-electron chi connectivity index (χ4n) is 5.03. The van der Waals surface area contributed by atoms with Crippen molar-refractivity contribution in [3.8, 4) is 11.5 Å². The van der Waals surface area contributed by atoms with E-state index in [1.165, 1.54) is 69.3 Å². The van der Waals surface area contributed by atoms with Gasteiger partial charge in [0.15, 0.2) is 11.5 Å². The van der Waals surface area contributed by atoms with Crippen molar-refractivity contribution in [2.75, 3.05) is 44.8 Å². The predicted octanol–water partition coefficient (Wildman–Crippen LogP) is 5.12. The van der Waals surface area contributed by atoms with E-state index in [-0.39, 0.29) is 0 Å². The smallest absolute Gasteiger partial charge is 0.163 e. The Hall–Kier alpha value is -1.68. The Balaban J connectivity index is 1.50. The monoisotopic (exact) mass is 384 g/mol. The van der Waals surface area contributed by atoms with Crippen LogP contribution in [0.1, 0.15) is 63.9 Å². The summed E-state index contributed by atoms with van der Waals surface area (Å²) in [6, 6.07) is 5.02. The van der Waals surface area contributed by atoms with E-state index in [2.05, 4.69) is 34.9 Å². The van der Waals surface area contributed by atoms with Crippen molar-refractivity contribution < 1.29 is 9.47 Å². The van der Waals surface area contributed by atoms with Gasteiger partial charge in [0.25, 0.3) is 0 Å². The van der Waals surface area contributed by atoms with E-state index in [9.17, 15) is 0 Å². The fourth-order valence-corrected chi connectivity index (χ4v) is 5.03. The van der Waals surface area contributed by atoms with E-state index >= 15 is 0 Å². The van der Waals surface area contributed by atoms with Crippen molar-refractivity contribution in [2.45, 2.75) is 64.3 Å². The highest BCUT2D eigenvalue weighted by Crippen LogP contribution is 2.44. The summed E-state index contributed by atoms with van der Waals surface area (Å²) in [5, 5.41) is 0. The van der Waals surface area contributed by atoms with Gasteiger partial charge in [0.05, 0.1) is 19.8 Å². The molecule has 0 N–H and O–H groups in total. The topological polar surface area (TPSA) is 24.9 Å². The number of ether oxygens (including phenoxy) is 2. The minimum atomic E-state index is 0.593. The maximum Gasteiger partial charge on any atom is 0.163 e. The second-order valence-corrected chi connectivity index (χ2v) is 8.49. The van der Waals surface area contributed by atoms with Gasteiger partial charge in [-0.3, -0.25) is 0 Å². The zero-order valence-corrected chi connectivity index (χ0v) is 17.7. The third-order valence-corrected chi connectivity index (χ3v) is 6.54. The Kier molecular flexibility index (Phi) is 6.46. The lowest BCUT2D eigenvalue weighted by molar-refractivity contribution is 0.254. The number of anilines is 1. The molecule has 28 heavy (non-hydrogen) atoms. The third-order valence-electron chi connectivity index (χ3n) is 6.54.